The molecule has 6 nitrogen and oxygen atoms in total. The van der Waals surface area contributed by atoms with E-state index < -0.39 is 0 Å². The Bertz CT molecular complexity index is 654. The highest BCUT2D eigenvalue weighted by atomic mass is 19.1. The maximum absolute atomic E-state index is 13.3. The lowest BCUT2D eigenvalue weighted by Gasteiger charge is -2.36. The lowest BCUT2D eigenvalue weighted by Crippen LogP contribution is -2.48. The Morgan fingerprint density at radius 3 is 2.57 bits per heavy atom. The highest BCUT2D eigenvalue weighted by Gasteiger charge is 2.24. The van der Waals surface area contributed by atoms with Crippen molar-refractivity contribution in [2.75, 3.05) is 54.0 Å². The van der Waals surface area contributed by atoms with Crippen molar-refractivity contribution in [2.24, 2.45) is 4.99 Å². The van der Waals surface area contributed by atoms with Crippen LogP contribution in [0.4, 0.5) is 4.39 Å². The molecule has 2 fully saturated rings. The standard InChI is InChI=1S/C23H37FN4O2/c1-25-23(26-16-22(27(2)3)18-7-9-19(24)10-8-18)28-13-11-20(12-14-28)30-17-21-6-4-5-15-29-21/h7-10,20-22H,4-6,11-17H2,1-3H3,(H,25,26). The van der Waals surface area contributed by atoms with E-state index in [2.05, 4.69) is 20.1 Å². The van der Waals surface area contributed by atoms with Gasteiger partial charge < -0.3 is 24.6 Å². The van der Waals surface area contributed by atoms with Crippen LogP contribution in [0.25, 0.3) is 0 Å². The minimum atomic E-state index is -0.208. The van der Waals surface area contributed by atoms with E-state index in [-0.39, 0.29) is 18.0 Å². The third-order valence-corrected chi connectivity index (χ3v) is 6.08. The van der Waals surface area contributed by atoms with Gasteiger partial charge in [0.05, 0.1) is 24.9 Å². The molecule has 0 spiro atoms. The summed E-state index contributed by atoms with van der Waals surface area (Å²) in [4.78, 5) is 8.93. The van der Waals surface area contributed by atoms with Gasteiger partial charge in [-0.25, -0.2) is 4.39 Å². The molecule has 0 amide bonds. The normalized spacial score (nSPS) is 22.4. The number of hydrogen-bond acceptors (Lipinski definition) is 4. The lowest BCUT2D eigenvalue weighted by molar-refractivity contribution is -0.0721. The smallest absolute Gasteiger partial charge is 0.193 e. The molecule has 2 unspecified atom stereocenters. The molecule has 2 saturated heterocycles. The van der Waals surface area contributed by atoms with E-state index in [0.29, 0.717) is 12.6 Å². The number of benzene rings is 1. The molecular formula is C23H37FN4O2. The van der Waals surface area contributed by atoms with Crippen molar-refractivity contribution in [1.82, 2.24) is 15.1 Å². The molecule has 168 valence electrons. The minimum Gasteiger partial charge on any atom is -0.376 e. The third kappa shape index (κ3) is 6.65. The summed E-state index contributed by atoms with van der Waals surface area (Å²) in [5.74, 6) is 0.707. The molecule has 2 heterocycles. The van der Waals surface area contributed by atoms with E-state index in [1.54, 1.807) is 0 Å². The van der Waals surface area contributed by atoms with Gasteiger partial charge in [-0.15, -0.1) is 0 Å². The third-order valence-electron chi connectivity index (χ3n) is 6.08. The van der Waals surface area contributed by atoms with E-state index in [4.69, 9.17) is 9.47 Å². The number of likely N-dealkylation sites (tertiary alicyclic amines) is 1. The van der Waals surface area contributed by atoms with Crippen LogP contribution < -0.4 is 5.32 Å². The molecule has 2 atom stereocenters. The molecule has 0 aromatic heterocycles. The van der Waals surface area contributed by atoms with E-state index >= 15 is 0 Å². The zero-order chi connectivity index (χ0) is 21.3. The molecule has 0 bridgehead atoms. The number of ether oxygens (including phenoxy) is 2. The average molecular weight is 421 g/mol. The van der Waals surface area contributed by atoms with E-state index in [0.717, 1.165) is 57.1 Å². The quantitative estimate of drug-likeness (QED) is 0.543. The summed E-state index contributed by atoms with van der Waals surface area (Å²) in [5.41, 5.74) is 1.08. The van der Waals surface area contributed by atoms with Crippen molar-refractivity contribution in [3.63, 3.8) is 0 Å². The Hall–Kier alpha value is -1.70. The van der Waals surface area contributed by atoms with Crippen LogP contribution in [-0.4, -0.2) is 82.0 Å². The molecule has 7 heteroatoms. The number of aliphatic imine (C=N–C) groups is 1. The summed E-state index contributed by atoms with van der Waals surface area (Å²) in [6.07, 6.45) is 6.14. The predicted molar refractivity (Wildman–Crippen MR) is 118 cm³/mol. The minimum absolute atomic E-state index is 0.138. The van der Waals surface area contributed by atoms with Gasteiger partial charge in [-0.2, -0.15) is 0 Å². The van der Waals surface area contributed by atoms with Crippen molar-refractivity contribution in [1.29, 1.82) is 0 Å². The molecule has 1 aromatic carbocycles. The Kier molecular flexibility index (Phi) is 8.90. The predicted octanol–water partition coefficient (Wildman–Crippen LogP) is 3.05. The molecule has 1 aromatic rings. The first-order valence-corrected chi connectivity index (χ1v) is 11.2. The van der Waals surface area contributed by atoms with Crippen LogP contribution in [0.3, 0.4) is 0 Å². The summed E-state index contributed by atoms with van der Waals surface area (Å²) in [5, 5.41) is 3.51. The van der Waals surface area contributed by atoms with Crippen LogP contribution in [0.2, 0.25) is 0 Å². The second-order valence-corrected chi connectivity index (χ2v) is 8.47. The fourth-order valence-corrected chi connectivity index (χ4v) is 4.22. The Morgan fingerprint density at radius 2 is 1.97 bits per heavy atom. The fourth-order valence-electron chi connectivity index (χ4n) is 4.22. The topological polar surface area (TPSA) is 49.3 Å². The lowest BCUT2D eigenvalue weighted by atomic mass is 10.1. The van der Waals surface area contributed by atoms with Gasteiger partial charge in [0.25, 0.3) is 0 Å². The van der Waals surface area contributed by atoms with Gasteiger partial charge in [0.1, 0.15) is 5.82 Å². The Balaban J connectivity index is 1.45. The molecule has 30 heavy (non-hydrogen) atoms. The number of hydrogen-bond donors (Lipinski definition) is 1. The van der Waals surface area contributed by atoms with Crippen LogP contribution in [0, 0.1) is 5.82 Å². The van der Waals surface area contributed by atoms with Crippen molar-refractivity contribution in [3.8, 4) is 0 Å². The zero-order valence-corrected chi connectivity index (χ0v) is 18.6. The molecule has 0 saturated carbocycles. The molecule has 3 rings (SSSR count). The van der Waals surface area contributed by atoms with Crippen LogP contribution >= 0.6 is 0 Å². The second kappa shape index (κ2) is 11.6. The summed E-state index contributed by atoms with van der Waals surface area (Å²) < 4.78 is 25.2. The molecule has 2 aliphatic rings. The Morgan fingerprint density at radius 1 is 1.23 bits per heavy atom. The van der Waals surface area contributed by atoms with Gasteiger partial charge in [-0.3, -0.25) is 4.99 Å². The van der Waals surface area contributed by atoms with E-state index in [9.17, 15) is 4.39 Å². The highest BCUT2D eigenvalue weighted by molar-refractivity contribution is 5.80. The van der Waals surface area contributed by atoms with E-state index in [1.807, 2.05) is 33.3 Å². The SMILES string of the molecule is CN=C(NCC(c1ccc(F)cc1)N(C)C)N1CCC(OCC2CCCCO2)CC1. The number of nitrogens with one attached hydrogen (secondary N) is 1. The highest BCUT2D eigenvalue weighted by Crippen LogP contribution is 2.20. The van der Waals surface area contributed by atoms with Crippen molar-refractivity contribution >= 4 is 5.96 Å². The van der Waals surface area contributed by atoms with Gasteiger partial charge in [-0.1, -0.05) is 12.1 Å². The maximum Gasteiger partial charge on any atom is 0.193 e. The number of halogens is 1. The monoisotopic (exact) mass is 420 g/mol. The number of piperidine rings is 1. The number of rotatable bonds is 7. The molecule has 0 aliphatic carbocycles. The molecule has 1 N–H and O–H groups in total. The summed E-state index contributed by atoms with van der Waals surface area (Å²) >= 11 is 0. The van der Waals surface area contributed by atoms with Gasteiger partial charge in [0.2, 0.25) is 0 Å². The van der Waals surface area contributed by atoms with Gasteiger partial charge >= 0.3 is 0 Å². The van der Waals surface area contributed by atoms with Gasteiger partial charge in [0, 0.05) is 33.3 Å². The first-order chi connectivity index (χ1) is 14.6. The molecule has 2 aliphatic heterocycles. The number of likely N-dealkylation sites (N-methyl/N-ethyl adjacent to an activating group) is 1. The first-order valence-electron chi connectivity index (χ1n) is 11.2. The molecule has 0 radical (unpaired) electrons. The van der Waals surface area contributed by atoms with Gasteiger partial charge in [-0.05, 0) is 63.9 Å². The zero-order valence-electron chi connectivity index (χ0n) is 18.6. The van der Waals surface area contributed by atoms with Crippen LogP contribution in [-0.2, 0) is 9.47 Å². The summed E-state index contributed by atoms with van der Waals surface area (Å²) in [6.45, 7) is 4.17. The van der Waals surface area contributed by atoms with Crippen molar-refractivity contribution in [3.05, 3.63) is 35.6 Å². The number of guanidine groups is 1. The van der Waals surface area contributed by atoms with Crippen LogP contribution in [0.1, 0.15) is 43.7 Å². The first kappa shape index (κ1) is 23.0. The van der Waals surface area contributed by atoms with Crippen LogP contribution in [0.5, 0.6) is 0 Å². The van der Waals surface area contributed by atoms with Gasteiger partial charge in [0.15, 0.2) is 5.96 Å². The molecular weight excluding hydrogens is 383 g/mol. The summed E-state index contributed by atoms with van der Waals surface area (Å²) in [7, 11) is 5.91. The van der Waals surface area contributed by atoms with Crippen molar-refractivity contribution in [2.45, 2.75) is 50.4 Å². The second-order valence-electron chi connectivity index (χ2n) is 8.47. The average Bonchev–Trinajstić information content (AvgIpc) is 2.77. The van der Waals surface area contributed by atoms with Crippen molar-refractivity contribution < 1.29 is 13.9 Å². The van der Waals surface area contributed by atoms with E-state index in [1.165, 1.54) is 25.0 Å². The summed E-state index contributed by atoms with van der Waals surface area (Å²) in [6, 6.07) is 6.87. The Labute approximate surface area is 180 Å². The maximum atomic E-state index is 13.3. The number of nitrogens with zero attached hydrogens (tertiary/aromatic N) is 3. The fraction of sp³-hybridized carbons (Fsp3) is 0.696. The largest absolute Gasteiger partial charge is 0.376 e. The van der Waals surface area contributed by atoms with Crippen LogP contribution in [0.15, 0.2) is 29.3 Å².